The summed E-state index contributed by atoms with van der Waals surface area (Å²) in [5.74, 6) is 8.08. The quantitative estimate of drug-likeness (QED) is 0.113. The number of sulfone groups is 2. The van der Waals surface area contributed by atoms with E-state index in [1.807, 2.05) is 0 Å². The van der Waals surface area contributed by atoms with Crippen LogP contribution in [-0.2, 0) is 19.7 Å². The maximum Gasteiger partial charge on any atom is 0.210 e. The Hall–Kier alpha value is -7.24. The average Bonchev–Trinajstić information content (AvgIpc) is 3.22. The molecule has 7 rings (SSSR count). The fourth-order valence-electron chi connectivity index (χ4n) is 5.51. The van der Waals surface area contributed by atoms with Crippen molar-refractivity contribution in [1.82, 2.24) is 0 Å². The Bertz CT molecular complexity index is 2820. The topological polar surface area (TPSA) is 105 Å². The summed E-state index contributed by atoms with van der Waals surface area (Å²) in [6.45, 7) is 0. The van der Waals surface area contributed by atoms with Crippen LogP contribution in [0.2, 0.25) is 0 Å². The Labute approximate surface area is 325 Å². The zero-order valence-electron chi connectivity index (χ0n) is 29.4. The van der Waals surface area contributed by atoms with E-state index in [4.69, 9.17) is 31.8 Å². The van der Waals surface area contributed by atoms with Gasteiger partial charge in [0.25, 0.3) is 0 Å². The molecular weight excluding hydrogens is 745 g/mol. The molecule has 0 aliphatic rings. The van der Waals surface area contributed by atoms with Crippen LogP contribution in [0.1, 0.15) is 11.1 Å². The number of benzene rings is 7. The van der Waals surface area contributed by atoms with E-state index in [2.05, 4.69) is 11.8 Å². The predicted molar refractivity (Wildman–Crippen MR) is 212 cm³/mol. The van der Waals surface area contributed by atoms with Crippen LogP contribution in [0.4, 0.5) is 0 Å². The van der Waals surface area contributed by atoms with Gasteiger partial charge in [0.2, 0.25) is 19.7 Å². The molecule has 0 aliphatic heterocycles. The van der Waals surface area contributed by atoms with E-state index in [9.17, 15) is 16.8 Å². The maximum atomic E-state index is 13.6. The van der Waals surface area contributed by atoms with Crippen LogP contribution < -0.4 is 18.9 Å². The first-order valence-corrected chi connectivity index (χ1v) is 19.9. The molecule has 8 nitrogen and oxygen atoms in total. The van der Waals surface area contributed by atoms with Gasteiger partial charge >= 0.3 is 0 Å². The Morgan fingerprint density at radius 3 is 1.18 bits per heavy atom. The lowest BCUT2D eigenvalue weighted by Crippen LogP contribution is -2.04. The van der Waals surface area contributed by atoms with Crippen molar-refractivity contribution in [2.75, 3.05) is 0 Å². The van der Waals surface area contributed by atoms with E-state index in [0.717, 1.165) is 0 Å². The molecule has 0 spiro atoms. The van der Waals surface area contributed by atoms with Gasteiger partial charge in [0.1, 0.15) is 55.8 Å². The van der Waals surface area contributed by atoms with Crippen LogP contribution in [0.3, 0.4) is 0 Å². The highest BCUT2D eigenvalue weighted by molar-refractivity contribution is 7.92. The van der Waals surface area contributed by atoms with Crippen molar-refractivity contribution in [3.8, 4) is 70.7 Å². The summed E-state index contributed by atoms with van der Waals surface area (Å²) in [6, 6.07) is 45.3. The molecule has 0 amide bonds. The standard InChI is InChI=1S/C46H30O8S2/c1-3-33-16-18-39(19-17-33)53-43-12-5-7-14-45(43)55(47,48)41-28-24-37(25-29-41)51-35-20-22-36(23-21-35)52-38-26-30-42(31-27-38)56(49,50)46-15-8-6-13-44(46)54-40-11-9-10-34(4-2)32-40/h1-2,5-32H. The highest BCUT2D eigenvalue weighted by atomic mass is 32.2. The van der Waals surface area contributed by atoms with Crippen molar-refractivity contribution in [2.45, 2.75) is 19.6 Å². The molecular formula is C46H30O8S2. The molecule has 0 N–H and O–H groups in total. The van der Waals surface area contributed by atoms with Crippen molar-refractivity contribution >= 4 is 19.7 Å². The van der Waals surface area contributed by atoms with Gasteiger partial charge in [0, 0.05) is 11.1 Å². The third kappa shape index (κ3) is 8.28. The van der Waals surface area contributed by atoms with Crippen LogP contribution >= 0.6 is 0 Å². The minimum Gasteiger partial charge on any atom is -0.457 e. The summed E-state index contributed by atoms with van der Waals surface area (Å²) in [7, 11) is -7.90. The molecule has 0 fully saturated rings. The molecule has 7 aromatic carbocycles. The molecule has 10 heteroatoms. The molecule has 0 bridgehead atoms. The molecule has 274 valence electrons. The van der Waals surface area contributed by atoms with Gasteiger partial charge in [0.05, 0.1) is 9.79 Å². The van der Waals surface area contributed by atoms with Gasteiger partial charge in [-0.2, -0.15) is 0 Å². The number of hydrogen-bond donors (Lipinski definition) is 0. The second-order valence-electron chi connectivity index (χ2n) is 12.1. The van der Waals surface area contributed by atoms with E-state index in [-0.39, 0.29) is 31.1 Å². The molecule has 0 radical (unpaired) electrons. The van der Waals surface area contributed by atoms with Crippen LogP contribution in [0.5, 0.6) is 46.0 Å². The Morgan fingerprint density at radius 1 is 0.357 bits per heavy atom. The number of terminal acetylenes is 2. The molecule has 0 aromatic heterocycles. The summed E-state index contributed by atoms with van der Waals surface area (Å²) < 4.78 is 78.3. The third-order valence-electron chi connectivity index (χ3n) is 8.32. The lowest BCUT2D eigenvalue weighted by molar-refractivity contribution is 0.466. The first-order valence-electron chi connectivity index (χ1n) is 17.0. The maximum absolute atomic E-state index is 13.6. The summed E-state index contributed by atoms with van der Waals surface area (Å²) in [6.07, 6.45) is 10.9. The molecule has 0 atom stereocenters. The van der Waals surface area contributed by atoms with Gasteiger partial charge < -0.3 is 18.9 Å². The molecule has 0 aliphatic carbocycles. The highest BCUT2D eigenvalue weighted by Crippen LogP contribution is 2.36. The SMILES string of the molecule is C#Cc1ccc(Oc2ccccc2S(=O)(=O)c2ccc(Oc3ccc(Oc4ccc(S(=O)(=O)c5ccccc5Oc5cccc(C#C)c5)cc4)cc3)cc2)cc1. The van der Waals surface area contributed by atoms with Crippen LogP contribution in [0.25, 0.3) is 0 Å². The van der Waals surface area contributed by atoms with Gasteiger partial charge in [-0.1, -0.05) is 42.2 Å². The monoisotopic (exact) mass is 774 g/mol. The fourth-order valence-corrected chi connectivity index (χ4v) is 8.27. The highest BCUT2D eigenvalue weighted by Gasteiger charge is 2.24. The van der Waals surface area contributed by atoms with Gasteiger partial charge in [-0.15, -0.1) is 12.8 Å². The average molecular weight is 775 g/mol. The van der Waals surface area contributed by atoms with E-state index in [1.165, 1.54) is 36.4 Å². The summed E-state index contributed by atoms with van der Waals surface area (Å²) in [5.41, 5.74) is 1.29. The lowest BCUT2D eigenvalue weighted by Gasteiger charge is -2.13. The van der Waals surface area contributed by atoms with Crippen molar-refractivity contribution < 1.29 is 35.8 Å². The first-order chi connectivity index (χ1) is 27.1. The van der Waals surface area contributed by atoms with Gasteiger partial charge in [-0.25, -0.2) is 16.8 Å². The Morgan fingerprint density at radius 2 is 0.732 bits per heavy atom. The zero-order chi connectivity index (χ0) is 39.1. The summed E-state index contributed by atoms with van der Waals surface area (Å²) in [4.78, 5) is 0.145. The second kappa shape index (κ2) is 16.0. The Kier molecular flexibility index (Phi) is 10.6. The largest absolute Gasteiger partial charge is 0.457 e. The lowest BCUT2D eigenvalue weighted by atomic mass is 10.2. The van der Waals surface area contributed by atoms with Gasteiger partial charge in [-0.3, -0.25) is 0 Å². The molecule has 56 heavy (non-hydrogen) atoms. The number of hydrogen-bond acceptors (Lipinski definition) is 8. The molecule has 0 saturated carbocycles. The zero-order valence-corrected chi connectivity index (χ0v) is 31.0. The molecule has 7 aromatic rings. The van der Waals surface area contributed by atoms with E-state index >= 15 is 0 Å². The smallest absolute Gasteiger partial charge is 0.210 e. The fraction of sp³-hybridized carbons (Fsp3) is 0. The van der Waals surface area contributed by atoms with E-state index < -0.39 is 19.7 Å². The van der Waals surface area contributed by atoms with Crippen molar-refractivity contribution in [3.05, 3.63) is 181 Å². The summed E-state index contributed by atoms with van der Waals surface area (Å²) in [5, 5.41) is 0. The van der Waals surface area contributed by atoms with Crippen molar-refractivity contribution in [1.29, 1.82) is 0 Å². The molecule has 0 saturated heterocycles. The number of rotatable bonds is 12. The van der Waals surface area contributed by atoms with Crippen molar-refractivity contribution in [2.24, 2.45) is 0 Å². The number of ether oxygens (including phenoxy) is 4. The van der Waals surface area contributed by atoms with Gasteiger partial charge in [0.15, 0.2) is 0 Å². The normalized spacial score (nSPS) is 11.1. The van der Waals surface area contributed by atoms with Crippen LogP contribution in [-0.4, -0.2) is 16.8 Å². The van der Waals surface area contributed by atoms with Crippen molar-refractivity contribution in [3.63, 3.8) is 0 Å². The van der Waals surface area contributed by atoms with E-state index in [1.54, 1.807) is 133 Å². The van der Waals surface area contributed by atoms with Crippen LogP contribution in [0, 0.1) is 24.7 Å². The predicted octanol–water partition coefficient (Wildman–Crippen LogP) is 10.5. The van der Waals surface area contributed by atoms with Gasteiger partial charge in [-0.05, 0) is 140 Å². The first kappa shape index (κ1) is 37.1. The molecule has 0 heterocycles. The minimum atomic E-state index is -3.95. The third-order valence-corrected chi connectivity index (χ3v) is 11.9. The number of para-hydroxylation sites is 2. The second-order valence-corrected chi connectivity index (χ2v) is 15.9. The minimum absolute atomic E-state index is 0.00542. The Balaban J connectivity index is 0.991. The van der Waals surface area contributed by atoms with Crippen LogP contribution in [0.15, 0.2) is 189 Å². The summed E-state index contributed by atoms with van der Waals surface area (Å²) >= 11 is 0. The van der Waals surface area contributed by atoms with E-state index in [0.29, 0.717) is 45.6 Å². The molecule has 0 unspecified atom stereocenters.